The van der Waals surface area contributed by atoms with Crippen LogP contribution in [0.5, 0.6) is 0 Å². The number of carbonyl (C=O) groups is 1. The summed E-state index contributed by atoms with van der Waals surface area (Å²) in [6.07, 6.45) is 1.25. The molecule has 1 aliphatic rings. The second-order valence-electron chi connectivity index (χ2n) is 3.52. The molecule has 6 heteroatoms. The molecular weight excluding hydrogens is 339 g/mol. The molecule has 0 radical (unpaired) electrons. The van der Waals surface area contributed by atoms with Gasteiger partial charge in [0.2, 0.25) is 5.78 Å². The molecule has 0 spiro atoms. The highest BCUT2D eigenvalue weighted by Crippen LogP contribution is 2.28. The SMILES string of the molecule is NC1=C(Br)C(=Nc2ccc(Cl)cc2)C(Cl)=CC1=O. The number of halogens is 3. The zero-order valence-corrected chi connectivity index (χ0v) is 12.1. The Balaban J connectivity index is 2.47. The zero-order chi connectivity index (χ0) is 13.3. The molecule has 0 saturated heterocycles. The van der Waals surface area contributed by atoms with Crippen molar-refractivity contribution in [1.29, 1.82) is 0 Å². The van der Waals surface area contributed by atoms with Gasteiger partial charge in [0, 0.05) is 11.1 Å². The van der Waals surface area contributed by atoms with Crippen LogP contribution in [0.4, 0.5) is 5.69 Å². The quantitative estimate of drug-likeness (QED) is 0.789. The second-order valence-corrected chi connectivity index (χ2v) is 5.16. The van der Waals surface area contributed by atoms with E-state index in [1.54, 1.807) is 24.3 Å². The molecule has 3 nitrogen and oxygen atoms in total. The fourth-order valence-corrected chi connectivity index (χ4v) is 2.32. The molecule has 2 rings (SSSR count). The second kappa shape index (κ2) is 5.26. The first-order chi connectivity index (χ1) is 8.49. The third-order valence-corrected chi connectivity index (χ3v) is 3.60. The minimum Gasteiger partial charge on any atom is -0.395 e. The van der Waals surface area contributed by atoms with E-state index in [4.69, 9.17) is 28.9 Å². The van der Waals surface area contributed by atoms with Crippen LogP contribution in [-0.4, -0.2) is 11.5 Å². The Morgan fingerprint density at radius 3 is 2.39 bits per heavy atom. The number of ketones is 1. The molecule has 0 aromatic heterocycles. The lowest BCUT2D eigenvalue weighted by atomic mass is 10.1. The Morgan fingerprint density at radius 1 is 1.17 bits per heavy atom. The van der Waals surface area contributed by atoms with E-state index in [1.165, 1.54) is 6.08 Å². The van der Waals surface area contributed by atoms with Crippen molar-refractivity contribution < 1.29 is 4.79 Å². The minimum atomic E-state index is -0.332. The van der Waals surface area contributed by atoms with Crippen molar-refractivity contribution in [2.75, 3.05) is 0 Å². The summed E-state index contributed by atoms with van der Waals surface area (Å²) in [7, 11) is 0. The molecule has 0 unspecified atom stereocenters. The number of hydrogen-bond acceptors (Lipinski definition) is 3. The summed E-state index contributed by atoms with van der Waals surface area (Å²) in [4.78, 5) is 15.7. The largest absolute Gasteiger partial charge is 0.395 e. The first-order valence-electron chi connectivity index (χ1n) is 4.91. The van der Waals surface area contributed by atoms with Crippen LogP contribution in [0.2, 0.25) is 5.02 Å². The van der Waals surface area contributed by atoms with Crippen LogP contribution in [-0.2, 0) is 4.79 Å². The van der Waals surface area contributed by atoms with Gasteiger partial charge in [-0.05, 0) is 40.2 Å². The van der Waals surface area contributed by atoms with Crippen LogP contribution in [0, 0.1) is 0 Å². The number of nitrogens with two attached hydrogens (primary N) is 1. The number of carbonyl (C=O) groups excluding carboxylic acids is 1. The summed E-state index contributed by atoms with van der Waals surface area (Å²) in [5.41, 5.74) is 6.81. The highest BCUT2D eigenvalue weighted by Gasteiger charge is 2.22. The highest BCUT2D eigenvalue weighted by molar-refractivity contribution is 9.12. The lowest BCUT2D eigenvalue weighted by Crippen LogP contribution is -2.19. The predicted molar refractivity (Wildman–Crippen MR) is 77.6 cm³/mol. The molecule has 0 amide bonds. The Kier molecular flexibility index (Phi) is 3.90. The molecular formula is C12H7BrCl2N2O. The lowest BCUT2D eigenvalue weighted by Gasteiger charge is -2.12. The smallest absolute Gasteiger partial charge is 0.204 e. The zero-order valence-electron chi connectivity index (χ0n) is 8.95. The summed E-state index contributed by atoms with van der Waals surface area (Å²) in [5.74, 6) is -0.332. The van der Waals surface area contributed by atoms with E-state index in [2.05, 4.69) is 20.9 Å². The Bertz CT molecular complexity index is 603. The molecule has 0 atom stereocenters. The average Bonchev–Trinajstić information content (AvgIpc) is 2.34. The van der Waals surface area contributed by atoms with Crippen molar-refractivity contribution in [2.45, 2.75) is 0 Å². The Morgan fingerprint density at radius 2 is 1.78 bits per heavy atom. The van der Waals surface area contributed by atoms with Gasteiger partial charge in [0.1, 0.15) is 0 Å². The molecule has 1 aliphatic carbocycles. The minimum absolute atomic E-state index is 0.0899. The van der Waals surface area contributed by atoms with Crippen LogP contribution in [0.3, 0.4) is 0 Å². The van der Waals surface area contributed by atoms with Crippen molar-refractivity contribution in [3.63, 3.8) is 0 Å². The van der Waals surface area contributed by atoms with E-state index in [9.17, 15) is 4.79 Å². The summed E-state index contributed by atoms with van der Waals surface area (Å²) >= 11 is 15.0. The Hall–Kier alpha value is -1.10. The number of nitrogens with zero attached hydrogens (tertiary/aromatic N) is 1. The van der Waals surface area contributed by atoms with E-state index in [0.717, 1.165) is 0 Å². The monoisotopic (exact) mass is 344 g/mol. The molecule has 0 bridgehead atoms. The third-order valence-electron chi connectivity index (χ3n) is 2.26. The van der Waals surface area contributed by atoms with Gasteiger partial charge < -0.3 is 5.73 Å². The molecule has 0 heterocycles. The topological polar surface area (TPSA) is 55.4 Å². The van der Waals surface area contributed by atoms with Crippen molar-refractivity contribution in [1.82, 2.24) is 0 Å². The van der Waals surface area contributed by atoms with Gasteiger partial charge in [-0.3, -0.25) is 4.79 Å². The summed E-state index contributed by atoms with van der Waals surface area (Å²) < 4.78 is 0.398. The standard InChI is InChI=1S/C12H7BrCl2N2O/c13-10-11(16)9(18)5-8(15)12(10)17-7-3-1-6(14)2-4-7/h1-5H,16H2. The van der Waals surface area contributed by atoms with Crippen LogP contribution >= 0.6 is 39.1 Å². The number of aliphatic imine (C=N–C) groups is 1. The van der Waals surface area contributed by atoms with E-state index in [-0.39, 0.29) is 16.5 Å². The lowest BCUT2D eigenvalue weighted by molar-refractivity contribution is -0.111. The average molecular weight is 346 g/mol. The van der Waals surface area contributed by atoms with Gasteiger partial charge in [-0.15, -0.1) is 0 Å². The maximum atomic E-state index is 11.4. The molecule has 0 aliphatic heterocycles. The fourth-order valence-electron chi connectivity index (χ4n) is 1.35. The first-order valence-corrected chi connectivity index (χ1v) is 6.45. The summed E-state index contributed by atoms with van der Waals surface area (Å²) in [5, 5.41) is 0.865. The number of benzene rings is 1. The fraction of sp³-hybridized carbons (Fsp3) is 0. The van der Waals surface area contributed by atoms with Crippen molar-refractivity contribution >= 4 is 56.3 Å². The summed E-state index contributed by atoms with van der Waals surface area (Å²) in [6, 6.07) is 6.92. The number of rotatable bonds is 1. The van der Waals surface area contributed by atoms with Gasteiger partial charge in [0.15, 0.2) is 0 Å². The maximum Gasteiger partial charge on any atom is 0.204 e. The van der Waals surface area contributed by atoms with Gasteiger partial charge in [0.05, 0.1) is 26.6 Å². The van der Waals surface area contributed by atoms with E-state index < -0.39 is 0 Å². The van der Waals surface area contributed by atoms with Gasteiger partial charge >= 0.3 is 0 Å². The normalized spacial score (nSPS) is 18.3. The van der Waals surface area contributed by atoms with Crippen LogP contribution in [0.15, 0.2) is 50.5 Å². The summed E-state index contributed by atoms with van der Waals surface area (Å²) in [6.45, 7) is 0. The van der Waals surface area contributed by atoms with Gasteiger partial charge in [-0.1, -0.05) is 23.2 Å². The molecule has 0 saturated carbocycles. The van der Waals surface area contributed by atoms with E-state index in [0.29, 0.717) is 20.9 Å². The van der Waals surface area contributed by atoms with Crippen LogP contribution in [0.25, 0.3) is 0 Å². The molecule has 1 aromatic carbocycles. The molecule has 2 N–H and O–H groups in total. The molecule has 18 heavy (non-hydrogen) atoms. The Labute approximate surface area is 122 Å². The van der Waals surface area contributed by atoms with Crippen LogP contribution < -0.4 is 5.73 Å². The van der Waals surface area contributed by atoms with E-state index >= 15 is 0 Å². The number of allylic oxidation sites excluding steroid dienone is 3. The molecule has 0 fully saturated rings. The highest BCUT2D eigenvalue weighted by atomic mass is 79.9. The maximum absolute atomic E-state index is 11.4. The van der Waals surface area contributed by atoms with Crippen molar-refractivity contribution in [3.8, 4) is 0 Å². The van der Waals surface area contributed by atoms with Gasteiger partial charge in [-0.25, -0.2) is 4.99 Å². The predicted octanol–water partition coefficient (Wildman–Crippen LogP) is 3.68. The van der Waals surface area contributed by atoms with Gasteiger partial charge in [-0.2, -0.15) is 0 Å². The van der Waals surface area contributed by atoms with Crippen LogP contribution in [0.1, 0.15) is 0 Å². The van der Waals surface area contributed by atoms with Crippen molar-refractivity contribution in [3.05, 3.63) is 50.6 Å². The third kappa shape index (κ3) is 2.66. The van der Waals surface area contributed by atoms with Crippen molar-refractivity contribution in [2.24, 2.45) is 10.7 Å². The number of hydrogen-bond donors (Lipinski definition) is 1. The first kappa shape index (κ1) is 13.3. The van der Waals surface area contributed by atoms with E-state index in [1.807, 2.05) is 0 Å². The molecule has 1 aromatic rings. The molecule has 92 valence electrons. The van der Waals surface area contributed by atoms with Gasteiger partial charge in [0.25, 0.3) is 0 Å².